The molecule has 0 unspecified atom stereocenters. The second-order valence-electron chi connectivity index (χ2n) is 5.48. The van der Waals surface area contributed by atoms with Gasteiger partial charge >= 0.3 is 0 Å². The lowest BCUT2D eigenvalue weighted by Gasteiger charge is -2.22. The molecule has 1 aliphatic rings. The van der Waals surface area contributed by atoms with Gasteiger partial charge in [-0.05, 0) is 31.4 Å². The van der Waals surface area contributed by atoms with Gasteiger partial charge in [0, 0.05) is 13.2 Å². The van der Waals surface area contributed by atoms with Crippen molar-refractivity contribution in [3.63, 3.8) is 0 Å². The number of aryl methyl sites for hydroxylation is 1. The van der Waals surface area contributed by atoms with Crippen molar-refractivity contribution in [3.8, 4) is 5.75 Å². The Hall–Kier alpha value is -1.86. The van der Waals surface area contributed by atoms with Crippen LogP contribution >= 0.6 is 0 Å². The van der Waals surface area contributed by atoms with Crippen molar-refractivity contribution in [3.05, 3.63) is 42.7 Å². The van der Waals surface area contributed by atoms with E-state index in [0.717, 1.165) is 25.0 Å². The van der Waals surface area contributed by atoms with Gasteiger partial charge in [0.05, 0.1) is 12.2 Å². The molecular formula is C15H19N3O3S. The molecule has 0 amide bonds. The highest BCUT2D eigenvalue weighted by Gasteiger charge is 2.33. The standard InChI is InChI=1S/C15H19N3O3S/c1-18-11-13(10-16-18)22(19,20)17-14-8-5-9-15(14)21-12-6-3-2-4-7-12/h2-4,6-7,10-11,14-15,17H,5,8-9H2,1H3/t14-,15-/m1/s1. The van der Waals surface area contributed by atoms with Gasteiger partial charge in [-0.3, -0.25) is 4.68 Å². The van der Waals surface area contributed by atoms with Crippen molar-refractivity contribution in [1.82, 2.24) is 14.5 Å². The van der Waals surface area contributed by atoms with Crippen LogP contribution in [0.1, 0.15) is 19.3 Å². The number of sulfonamides is 1. The van der Waals surface area contributed by atoms with Crippen molar-refractivity contribution in [2.75, 3.05) is 0 Å². The van der Waals surface area contributed by atoms with Crippen LogP contribution in [0.25, 0.3) is 0 Å². The Morgan fingerprint density at radius 1 is 1.27 bits per heavy atom. The number of rotatable bonds is 5. The van der Waals surface area contributed by atoms with E-state index in [9.17, 15) is 8.42 Å². The number of para-hydroxylation sites is 1. The zero-order chi connectivity index (χ0) is 15.6. The maximum Gasteiger partial charge on any atom is 0.244 e. The monoisotopic (exact) mass is 321 g/mol. The molecule has 1 aromatic carbocycles. The summed E-state index contributed by atoms with van der Waals surface area (Å²) in [6.45, 7) is 0. The Bertz CT molecular complexity index is 728. The van der Waals surface area contributed by atoms with E-state index in [0.29, 0.717) is 0 Å². The Labute approximate surface area is 130 Å². The summed E-state index contributed by atoms with van der Waals surface area (Å²) in [5, 5.41) is 3.91. The van der Waals surface area contributed by atoms with Gasteiger partial charge in [0.2, 0.25) is 10.0 Å². The fourth-order valence-corrected chi connectivity index (χ4v) is 3.96. The number of aromatic nitrogens is 2. The van der Waals surface area contributed by atoms with E-state index in [4.69, 9.17) is 4.74 Å². The molecular weight excluding hydrogens is 302 g/mol. The molecule has 1 fully saturated rings. The molecule has 2 atom stereocenters. The van der Waals surface area contributed by atoms with Crippen molar-refractivity contribution in [2.24, 2.45) is 7.05 Å². The molecule has 2 aromatic rings. The number of hydrogen-bond acceptors (Lipinski definition) is 4. The van der Waals surface area contributed by atoms with Crippen LogP contribution in [-0.2, 0) is 17.1 Å². The summed E-state index contributed by atoms with van der Waals surface area (Å²) in [4.78, 5) is 0.181. The smallest absolute Gasteiger partial charge is 0.244 e. The summed E-state index contributed by atoms with van der Waals surface area (Å²) in [6.07, 6.45) is 5.26. The molecule has 6 nitrogen and oxygen atoms in total. The van der Waals surface area contributed by atoms with Crippen LogP contribution in [0.15, 0.2) is 47.6 Å². The molecule has 118 valence electrons. The largest absolute Gasteiger partial charge is 0.489 e. The Balaban J connectivity index is 1.71. The quantitative estimate of drug-likeness (QED) is 0.909. The predicted molar refractivity (Wildman–Crippen MR) is 82.0 cm³/mol. The van der Waals surface area contributed by atoms with Gasteiger partial charge in [0.1, 0.15) is 16.7 Å². The first-order valence-corrected chi connectivity index (χ1v) is 8.75. The summed E-state index contributed by atoms with van der Waals surface area (Å²) < 4.78 is 34.9. The molecule has 0 bridgehead atoms. The van der Waals surface area contributed by atoms with Gasteiger partial charge in [-0.1, -0.05) is 18.2 Å². The van der Waals surface area contributed by atoms with Gasteiger partial charge < -0.3 is 4.74 Å². The van der Waals surface area contributed by atoms with Gasteiger partial charge in [0.15, 0.2) is 0 Å². The average molecular weight is 321 g/mol. The van der Waals surface area contributed by atoms with E-state index < -0.39 is 10.0 Å². The Kier molecular flexibility index (Phi) is 4.17. The number of benzene rings is 1. The van der Waals surface area contributed by atoms with Crippen molar-refractivity contribution in [1.29, 1.82) is 0 Å². The summed E-state index contributed by atoms with van der Waals surface area (Å²) in [5.74, 6) is 0.764. The van der Waals surface area contributed by atoms with E-state index in [1.807, 2.05) is 30.3 Å². The lowest BCUT2D eigenvalue weighted by Crippen LogP contribution is -2.42. The molecule has 1 aromatic heterocycles. The van der Waals surface area contributed by atoms with Gasteiger partial charge in [0.25, 0.3) is 0 Å². The van der Waals surface area contributed by atoms with Crippen LogP contribution in [0.5, 0.6) is 5.75 Å². The molecule has 1 N–H and O–H groups in total. The van der Waals surface area contributed by atoms with E-state index in [1.54, 1.807) is 7.05 Å². The first-order chi connectivity index (χ1) is 10.5. The molecule has 0 spiro atoms. The third kappa shape index (κ3) is 3.31. The van der Waals surface area contributed by atoms with Crippen molar-refractivity contribution >= 4 is 10.0 Å². The highest BCUT2D eigenvalue weighted by Crippen LogP contribution is 2.26. The third-order valence-electron chi connectivity index (χ3n) is 3.78. The molecule has 22 heavy (non-hydrogen) atoms. The molecule has 7 heteroatoms. The van der Waals surface area contributed by atoms with E-state index in [2.05, 4.69) is 9.82 Å². The minimum atomic E-state index is -3.56. The second-order valence-corrected chi connectivity index (χ2v) is 7.19. The number of nitrogens with zero attached hydrogens (tertiary/aromatic N) is 2. The SMILES string of the molecule is Cn1cc(S(=O)(=O)N[C@@H]2CCC[C@H]2Oc2ccccc2)cn1. The van der Waals surface area contributed by atoms with Crippen LogP contribution in [0.2, 0.25) is 0 Å². The van der Waals surface area contributed by atoms with Crippen molar-refractivity contribution < 1.29 is 13.2 Å². The molecule has 0 radical (unpaired) electrons. The first-order valence-electron chi connectivity index (χ1n) is 7.27. The minimum Gasteiger partial charge on any atom is -0.489 e. The third-order valence-corrected chi connectivity index (χ3v) is 5.23. The van der Waals surface area contributed by atoms with E-state index in [1.165, 1.54) is 17.1 Å². The topological polar surface area (TPSA) is 73.2 Å². The fourth-order valence-electron chi connectivity index (χ4n) is 2.68. The van der Waals surface area contributed by atoms with Gasteiger partial charge in [-0.15, -0.1) is 0 Å². The van der Waals surface area contributed by atoms with Gasteiger partial charge in [-0.25, -0.2) is 13.1 Å². The maximum atomic E-state index is 12.4. The first kappa shape index (κ1) is 15.1. The lowest BCUT2D eigenvalue weighted by atomic mass is 10.2. The zero-order valence-corrected chi connectivity index (χ0v) is 13.2. The van der Waals surface area contributed by atoms with Crippen LogP contribution < -0.4 is 9.46 Å². The van der Waals surface area contributed by atoms with E-state index in [-0.39, 0.29) is 17.0 Å². The van der Waals surface area contributed by atoms with Crippen LogP contribution in [0.4, 0.5) is 0 Å². The highest BCUT2D eigenvalue weighted by atomic mass is 32.2. The molecule has 1 saturated carbocycles. The Morgan fingerprint density at radius 3 is 2.73 bits per heavy atom. The normalized spacial score (nSPS) is 21.9. The Morgan fingerprint density at radius 2 is 2.05 bits per heavy atom. The molecule has 1 heterocycles. The predicted octanol–water partition coefficient (Wildman–Crippen LogP) is 1.70. The highest BCUT2D eigenvalue weighted by molar-refractivity contribution is 7.89. The molecule has 0 saturated heterocycles. The number of nitrogens with one attached hydrogen (secondary N) is 1. The molecule has 1 aliphatic carbocycles. The van der Waals surface area contributed by atoms with Crippen LogP contribution in [-0.4, -0.2) is 30.3 Å². The fraction of sp³-hybridized carbons (Fsp3) is 0.400. The van der Waals surface area contributed by atoms with Gasteiger partial charge in [-0.2, -0.15) is 5.10 Å². The van der Waals surface area contributed by atoms with Crippen molar-refractivity contribution in [2.45, 2.75) is 36.3 Å². The summed E-state index contributed by atoms with van der Waals surface area (Å²) in [5.41, 5.74) is 0. The second kappa shape index (κ2) is 6.10. The van der Waals surface area contributed by atoms with Crippen LogP contribution in [0, 0.1) is 0 Å². The lowest BCUT2D eigenvalue weighted by molar-refractivity contribution is 0.185. The maximum absolute atomic E-state index is 12.4. The zero-order valence-electron chi connectivity index (χ0n) is 12.3. The van der Waals surface area contributed by atoms with E-state index >= 15 is 0 Å². The summed E-state index contributed by atoms with van der Waals surface area (Å²) >= 11 is 0. The summed E-state index contributed by atoms with van der Waals surface area (Å²) in [7, 11) is -1.87. The molecule has 0 aliphatic heterocycles. The minimum absolute atomic E-state index is 0.145. The number of hydrogen-bond donors (Lipinski definition) is 1. The number of ether oxygens (including phenoxy) is 1. The van der Waals surface area contributed by atoms with Crippen LogP contribution in [0.3, 0.4) is 0 Å². The molecule has 3 rings (SSSR count). The summed E-state index contributed by atoms with van der Waals surface area (Å²) in [6, 6.07) is 9.27. The average Bonchev–Trinajstić information content (AvgIpc) is 3.10.